The Kier molecular flexibility index (Phi) is 4.55. The lowest BCUT2D eigenvalue weighted by Crippen LogP contribution is -2.03. The van der Waals surface area contributed by atoms with Gasteiger partial charge >= 0.3 is 5.97 Å². The van der Waals surface area contributed by atoms with E-state index in [9.17, 15) is 9.18 Å². The Morgan fingerprint density at radius 1 is 1.30 bits per heavy atom. The molecule has 0 radical (unpaired) electrons. The normalized spacial score (nSPS) is 10.9. The number of ether oxygens (including phenoxy) is 2. The number of imidazole rings is 1. The highest BCUT2D eigenvalue weighted by Crippen LogP contribution is 2.34. The number of benzene rings is 1. The summed E-state index contributed by atoms with van der Waals surface area (Å²) >= 11 is 1.21. The third kappa shape index (κ3) is 3.26. The van der Waals surface area contributed by atoms with Crippen molar-refractivity contribution in [3.63, 3.8) is 0 Å². The van der Waals surface area contributed by atoms with Crippen molar-refractivity contribution in [1.82, 2.24) is 14.5 Å². The second-order valence-electron chi connectivity index (χ2n) is 5.63. The number of hydrogen-bond acceptors (Lipinski definition) is 6. The van der Waals surface area contributed by atoms with E-state index in [1.165, 1.54) is 24.5 Å². The van der Waals surface area contributed by atoms with Crippen LogP contribution in [-0.4, -0.2) is 27.6 Å². The number of rotatable bonds is 5. The van der Waals surface area contributed by atoms with Gasteiger partial charge in [-0.2, -0.15) is 0 Å². The SMILES string of the molecule is COC(=O)c1sc(-n2cnc3ccncc32)cc1OCc1ccccc1F. The van der Waals surface area contributed by atoms with Crippen LogP contribution in [0.4, 0.5) is 4.39 Å². The topological polar surface area (TPSA) is 66.2 Å². The summed E-state index contributed by atoms with van der Waals surface area (Å²) in [7, 11) is 1.30. The van der Waals surface area contributed by atoms with E-state index in [-0.39, 0.29) is 12.4 Å². The number of methoxy groups -OCH3 is 1. The molecular formula is C19H14FN3O3S. The molecule has 0 aliphatic rings. The summed E-state index contributed by atoms with van der Waals surface area (Å²) < 4.78 is 26.2. The van der Waals surface area contributed by atoms with Crippen LogP contribution >= 0.6 is 11.3 Å². The van der Waals surface area contributed by atoms with Crippen LogP contribution in [0, 0.1) is 5.82 Å². The molecule has 0 fully saturated rings. The van der Waals surface area contributed by atoms with E-state index in [1.54, 1.807) is 49.1 Å². The highest BCUT2D eigenvalue weighted by molar-refractivity contribution is 7.16. The van der Waals surface area contributed by atoms with Crippen LogP contribution in [0.25, 0.3) is 16.0 Å². The highest BCUT2D eigenvalue weighted by atomic mass is 32.1. The maximum Gasteiger partial charge on any atom is 0.351 e. The molecular weight excluding hydrogens is 369 g/mol. The van der Waals surface area contributed by atoms with Gasteiger partial charge in [-0.25, -0.2) is 14.2 Å². The minimum absolute atomic E-state index is 0.000920. The van der Waals surface area contributed by atoms with E-state index in [0.29, 0.717) is 16.2 Å². The molecule has 0 spiro atoms. The van der Waals surface area contributed by atoms with Gasteiger partial charge in [-0.05, 0) is 12.1 Å². The van der Waals surface area contributed by atoms with Gasteiger partial charge in [0.15, 0.2) is 4.88 Å². The highest BCUT2D eigenvalue weighted by Gasteiger charge is 2.20. The third-order valence-electron chi connectivity index (χ3n) is 3.98. The number of pyridine rings is 1. The van der Waals surface area contributed by atoms with E-state index in [1.807, 2.05) is 4.57 Å². The molecule has 1 aromatic carbocycles. The summed E-state index contributed by atoms with van der Waals surface area (Å²) in [6.07, 6.45) is 5.01. The predicted molar refractivity (Wildman–Crippen MR) is 98.8 cm³/mol. The molecule has 27 heavy (non-hydrogen) atoms. The first-order valence-electron chi connectivity index (χ1n) is 8.03. The fraction of sp³-hybridized carbons (Fsp3) is 0.105. The van der Waals surface area contributed by atoms with Crippen molar-refractivity contribution in [3.05, 3.63) is 71.4 Å². The zero-order valence-corrected chi connectivity index (χ0v) is 15.1. The number of thiophene rings is 1. The molecule has 0 saturated heterocycles. The van der Waals surface area contributed by atoms with Gasteiger partial charge in [0.2, 0.25) is 0 Å². The molecule has 0 N–H and O–H groups in total. The molecule has 4 rings (SSSR count). The maximum absolute atomic E-state index is 13.8. The van der Waals surface area contributed by atoms with Gasteiger partial charge in [-0.15, -0.1) is 11.3 Å². The van der Waals surface area contributed by atoms with Crippen LogP contribution in [0.5, 0.6) is 5.75 Å². The lowest BCUT2D eigenvalue weighted by molar-refractivity contribution is 0.0601. The van der Waals surface area contributed by atoms with Gasteiger partial charge in [0, 0.05) is 17.8 Å². The number of fused-ring (bicyclic) bond motifs is 1. The first-order valence-corrected chi connectivity index (χ1v) is 8.85. The second kappa shape index (κ2) is 7.16. The number of halogens is 1. The van der Waals surface area contributed by atoms with Gasteiger partial charge in [-0.1, -0.05) is 18.2 Å². The quantitative estimate of drug-likeness (QED) is 0.488. The van der Waals surface area contributed by atoms with Crippen LogP contribution < -0.4 is 4.74 Å². The Labute approximate surface area is 157 Å². The smallest absolute Gasteiger partial charge is 0.351 e. The molecule has 0 unspecified atom stereocenters. The molecule has 6 nitrogen and oxygen atoms in total. The maximum atomic E-state index is 13.8. The Morgan fingerprint density at radius 3 is 2.96 bits per heavy atom. The summed E-state index contributed by atoms with van der Waals surface area (Å²) in [4.78, 5) is 20.9. The Morgan fingerprint density at radius 2 is 2.15 bits per heavy atom. The molecule has 0 amide bonds. The summed E-state index contributed by atoms with van der Waals surface area (Å²) in [6.45, 7) is -0.000920. The minimum atomic E-state index is -0.516. The average Bonchev–Trinajstić information content (AvgIpc) is 3.30. The third-order valence-corrected chi connectivity index (χ3v) is 5.08. The Balaban J connectivity index is 1.71. The standard InChI is InChI=1S/C19H14FN3O3S/c1-25-19(24)18-16(26-10-12-4-2-3-5-13(12)20)8-17(27-18)23-11-22-14-6-7-21-9-15(14)23/h2-9,11H,10H2,1H3. The number of hydrogen-bond donors (Lipinski definition) is 0. The molecule has 4 aromatic rings. The fourth-order valence-electron chi connectivity index (χ4n) is 2.63. The Hall–Kier alpha value is -3.26. The van der Waals surface area contributed by atoms with E-state index < -0.39 is 5.97 Å². The molecule has 0 bridgehead atoms. The van der Waals surface area contributed by atoms with Crippen LogP contribution in [0.3, 0.4) is 0 Å². The number of esters is 1. The molecule has 0 aliphatic carbocycles. The molecule has 136 valence electrons. The average molecular weight is 383 g/mol. The molecule has 0 aliphatic heterocycles. The van der Waals surface area contributed by atoms with Gasteiger partial charge in [0.1, 0.15) is 29.5 Å². The van der Waals surface area contributed by atoms with Crippen LogP contribution in [-0.2, 0) is 11.3 Å². The van der Waals surface area contributed by atoms with Crippen molar-refractivity contribution in [2.75, 3.05) is 7.11 Å². The second-order valence-corrected chi connectivity index (χ2v) is 6.66. The predicted octanol–water partition coefficient (Wildman–Crippen LogP) is 3.99. The largest absolute Gasteiger partial charge is 0.487 e. The summed E-state index contributed by atoms with van der Waals surface area (Å²) in [5, 5.41) is 0.717. The van der Waals surface area contributed by atoms with E-state index in [2.05, 4.69) is 9.97 Å². The van der Waals surface area contributed by atoms with E-state index >= 15 is 0 Å². The molecule has 8 heteroatoms. The number of nitrogens with zero attached hydrogens (tertiary/aromatic N) is 3. The van der Waals surface area contributed by atoms with Crippen molar-refractivity contribution in [1.29, 1.82) is 0 Å². The van der Waals surface area contributed by atoms with Crippen molar-refractivity contribution < 1.29 is 18.7 Å². The lowest BCUT2D eigenvalue weighted by atomic mass is 10.2. The van der Waals surface area contributed by atoms with Gasteiger partial charge in [0.25, 0.3) is 0 Å². The number of carbonyl (C=O) groups excluding carboxylic acids is 1. The first-order chi connectivity index (χ1) is 13.2. The summed E-state index contributed by atoms with van der Waals surface area (Å²) in [5.74, 6) is -0.549. The fourth-order valence-corrected chi connectivity index (χ4v) is 3.63. The molecule has 3 aromatic heterocycles. The van der Waals surface area contributed by atoms with Gasteiger partial charge in [0.05, 0.1) is 24.3 Å². The van der Waals surface area contributed by atoms with Crippen LogP contribution in [0.2, 0.25) is 0 Å². The minimum Gasteiger partial charge on any atom is -0.487 e. The zero-order chi connectivity index (χ0) is 18.8. The van der Waals surface area contributed by atoms with Crippen molar-refractivity contribution in [3.8, 4) is 10.8 Å². The van der Waals surface area contributed by atoms with Gasteiger partial charge in [-0.3, -0.25) is 9.55 Å². The summed E-state index contributed by atoms with van der Waals surface area (Å²) in [5.41, 5.74) is 1.99. The lowest BCUT2D eigenvalue weighted by Gasteiger charge is -2.07. The molecule has 0 saturated carbocycles. The monoisotopic (exact) mass is 383 g/mol. The first kappa shape index (κ1) is 17.2. The molecule has 0 atom stereocenters. The summed E-state index contributed by atoms with van der Waals surface area (Å²) in [6, 6.07) is 9.85. The van der Waals surface area contributed by atoms with E-state index in [0.717, 1.165) is 16.0 Å². The van der Waals surface area contributed by atoms with Crippen LogP contribution in [0.1, 0.15) is 15.2 Å². The number of aromatic nitrogens is 3. The van der Waals surface area contributed by atoms with E-state index in [4.69, 9.17) is 9.47 Å². The van der Waals surface area contributed by atoms with Crippen LogP contribution in [0.15, 0.2) is 55.1 Å². The van der Waals surface area contributed by atoms with Crippen molar-refractivity contribution >= 4 is 28.3 Å². The number of carbonyl (C=O) groups is 1. The zero-order valence-electron chi connectivity index (χ0n) is 14.3. The van der Waals surface area contributed by atoms with Crippen molar-refractivity contribution in [2.24, 2.45) is 0 Å². The van der Waals surface area contributed by atoms with Gasteiger partial charge < -0.3 is 9.47 Å². The van der Waals surface area contributed by atoms with Crippen molar-refractivity contribution in [2.45, 2.75) is 6.61 Å². The Bertz CT molecular complexity index is 1120. The molecule has 3 heterocycles.